The van der Waals surface area contributed by atoms with Crippen molar-refractivity contribution in [2.24, 2.45) is 0 Å². The van der Waals surface area contributed by atoms with Crippen LogP contribution in [0.2, 0.25) is 0 Å². The molecule has 0 unspecified atom stereocenters. The Balaban J connectivity index is 1.18. The van der Waals surface area contributed by atoms with Crippen molar-refractivity contribution in [2.45, 2.75) is 0 Å². The van der Waals surface area contributed by atoms with E-state index in [1.165, 1.54) is 66.1 Å². The highest BCUT2D eigenvalue weighted by Crippen LogP contribution is 2.46. The maximum absolute atomic E-state index is 2.46. The second-order valence-electron chi connectivity index (χ2n) is 14.5. The number of para-hydroxylation sites is 1. The van der Waals surface area contributed by atoms with Crippen LogP contribution in [-0.2, 0) is 0 Å². The summed E-state index contributed by atoms with van der Waals surface area (Å²) >= 11 is 0. The minimum atomic E-state index is 1.09. The first-order valence-corrected chi connectivity index (χ1v) is 19.6. The molecule has 0 aromatic heterocycles. The standard InChI is InChI=1S/C56H39N/c1-4-17-40(18-5-1)44-24-16-25-45(35-44)43-31-33-50(34-32-43)57(56-39-46-23-10-11-26-51(46)53-28-12-13-29-54(53)56)55-30-15-14-27-52(55)49-37-47(41-19-6-2-7-20-41)36-48(38-49)42-21-8-3-9-22-42/h1-39H. The topological polar surface area (TPSA) is 3.24 Å². The first-order chi connectivity index (χ1) is 28.3. The molecule has 10 aromatic rings. The number of benzene rings is 10. The summed E-state index contributed by atoms with van der Waals surface area (Å²) in [5.41, 5.74) is 15.2. The summed E-state index contributed by atoms with van der Waals surface area (Å²) in [6.45, 7) is 0. The van der Waals surface area contributed by atoms with Crippen LogP contribution in [0.15, 0.2) is 237 Å². The minimum absolute atomic E-state index is 1.09. The zero-order chi connectivity index (χ0) is 38.0. The molecule has 268 valence electrons. The van der Waals surface area contributed by atoms with E-state index in [-0.39, 0.29) is 0 Å². The van der Waals surface area contributed by atoms with Gasteiger partial charge in [0.05, 0.1) is 11.4 Å². The van der Waals surface area contributed by atoms with E-state index < -0.39 is 0 Å². The predicted molar refractivity (Wildman–Crippen MR) is 243 cm³/mol. The molecule has 0 amide bonds. The van der Waals surface area contributed by atoms with Gasteiger partial charge in [0.1, 0.15) is 0 Å². The Bertz CT molecular complexity index is 2930. The summed E-state index contributed by atoms with van der Waals surface area (Å²) in [5, 5.41) is 4.90. The van der Waals surface area contributed by atoms with Crippen molar-refractivity contribution in [1.82, 2.24) is 0 Å². The molecule has 0 saturated heterocycles. The Labute approximate surface area is 334 Å². The Morgan fingerprint density at radius 3 is 1.30 bits per heavy atom. The minimum Gasteiger partial charge on any atom is -0.309 e. The first kappa shape index (κ1) is 34.0. The lowest BCUT2D eigenvalue weighted by atomic mass is 9.92. The molecule has 0 aliphatic carbocycles. The number of anilines is 3. The average Bonchev–Trinajstić information content (AvgIpc) is 3.30. The Kier molecular flexibility index (Phi) is 8.95. The molecule has 0 heterocycles. The molecule has 10 rings (SSSR count). The van der Waals surface area contributed by atoms with E-state index in [9.17, 15) is 0 Å². The Morgan fingerprint density at radius 1 is 0.228 bits per heavy atom. The molecule has 0 aliphatic rings. The summed E-state index contributed by atoms with van der Waals surface area (Å²) < 4.78 is 0. The molecule has 57 heavy (non-hydrogen) atoms. The van der Waals surface area contributed by atoms with Gasteiger partial charge in [-0.05, 0) is 115 Å². The van der Waals surface area contributed by atoms with E-state index in [0.717, 1.165) is 28.2 Å². The zero-order valence-electron chi connectivity index (χ0n) is 31.5. The number of hydrogen-bond donors (Lipinski definition) is 0. The monoisotopic (exact) mass is 725 g/mol. The second kappa shape index (κ2) is 15.0. The van der Waals surface area contributed by atoms with Crippen molar-refractivity contribution in [2.75, 3.05) is 4.90 Å². The molecular weight excluding hydrogens is 687 g/mol. The Hall–Kier alpha value is -7.48. The van der Waals surface area contributed by atoms with E-state index in [1.807, 2.05) is 0 Å². The molecule has 10 aromatic carbocycles. The molecule has 1 heteroatoms. The molecule has 0 radical (unpaired) electrons. The highest BCUT2D eigenvalue weighted by Gasteiger charge is 2.21. The Morgan fingerprint density at radius 2 is 0.667 bits per heavy atom. The summed E-state index contributed by atoms with van der Waals surface area (Å²) in [4.78, 5) is 2.46. The van der Waals surface area contributed by atoms with Crippen molar-refractivity contribution in [3.63, 3.8) is 0 Å². The summed E-state index contributed by atoms with van der Waals surface area (Å²) in [7, 11) is 0. The van der Waals surface area contributed by atoms with Crippen molar-refractivity contribution in [1.29, 1.82) is 0 Å². The lowest BCUT2D eigenvalue weighted by molar-refractivity contribution is 1.30. The lowest BCUT2D eigenvalue weighted by Crippen LogP contribution is -2.12. The fourth-order valence-corrected chi connectivity index (χ4v) is 8.23. The van der Waals surface area contributed by atoms with Gasteiger partial charge in [-0.3, -0.25) is 0 Å². The predicted octanol–water partition coefficient (Wildman–Crippen LogP) is 15.8. The molecule has 0 aliphatic heterocycles. The van der Waals surface area contributed by atoms with Crippen molar-refractivity contribution >= 4 is 38.6 Å². The van der Waals surface area contributed by atoms with E-state index >= 15 is 0 Å². The third kappa shape index (κ3) is 6.66. The molecule has 0 bridgehead atoms. The van der Waals surface area contributed by atoms with Crippen LogP contribution >= 0.6 is 0 Å². The van der Waals surface area contributed by atoms with Crippen LogP contribution < -0.4 is 4.90 Å². The van der Waals surface area contributed by atoms with Gasteiger partial charge in [-0.25, -0.2) is 0 Å². The third-order valence-corrected chi connectivity index (χ3v) is 11.0. The molecule has 0 spiro atoms. The third-order valence-electron chi connectivity index (χ3n) is 11.0. The van der Waals surface area contributed by atoms with Gasteiger partial charge >= 0.3 is 0 Å². The quantitative estimate of drug-likeness (QED) is 0.141. The lowest BCUT2D eigenvalue weighted by Gasteiger charge is -2.30. The van der Waals surface area contributed by atoms with Crippen LogP contribution in [0.4, 0.5) is 17.1 Å². The van der Waals surface area contributed by atoms with E-state index in [2.05, 4.69) is 241 Å². The second-order valence-corrected chi connectivity index (χ2v) is 14.5. The smallest absolute Gasteiger partial charge is 0.0546 e. The van der Waals surface area contributed by atoms with Gasteiger partial charge in [0.25, 0.3) is 0 Å². The van der Waals surface area contributed by atoms with Crippen LogP contribution in [-0.4, -0.2) is 0 Å². The number of fused-ring (bicyclic) bond motifs is 3. The van der Waals surface area contributed by atoms with Crippen molar-refractivity contribution in [3.05, 3.63) is 237 Å². The molecule has 0 saturated carbocycles. The van der Waals surface area contributed by atoms with Crippen LogP contribution in [0, 0.1) is 0 Å². The van der Waals surface area contributed by atoms with Crippen LogP contribution in [0.1, 0.15) is 0 Å². The summed E-state index contributed by atoms with van der Waals surface area (Å²) in [6, 6.07) is 85.8. The van der Waals surface area contributed by atoms with Gasteiger partial charge in [-0.2, -0.15) is 0 Å². The van der Waals surface area contributed by atoms with Gasteiger partial charge in [-0.15, -0.1) is 0 Å². The van der Waals surface area contributed by atoms with Crippen molar-refractivity contribution < 1.29 is 0 Å². The van der Waals surface area contributed by atoms with Gasteiger partial charge in [0.2, 0.25) is 0 Å². The highest BCUT2D eigenvalue weighted by atomic mass is 15.1. The van der Waals surface area contributed by atoms with Crippen LogP contribution in [0.25, 0.3) is 77.2 Å². The average molecular weight is 726 g/mol. The van der Waals surface area contributed by atoms with Crippen LogP contribution in [0.5, 0.6) is 0 Å². The van der Waals surface area contributed by atoms with Gasteiger partial charge < -0.3 is 4.90 Å². The van der Waals surface area contributed by atoms with E-state index in [4.69, 9.17) is 0 Å². The maximum Gasteiger partial charge on any atom is 0.0546 e. The van der Waals surface area contributed by atoms with Crippen LogP contribution in [0.3, 0.4) is 0 Å². The fraction of sp³-hybridized carbons (Fsp3) is 0. The summed E-state index contributed by atoms with van der Waals surface area (Å²) in [5.74, 6) is 0. The first-order valence-electron chi connectivity index (χ1n) is 19.6. The molecule has 0 N–H and O–H groups in total. The SMILES string of the molecule is c1ccc(-c2cccc(-c3ccc(N(c4ccccc4-c4cc(-c5ccccc5)cc(-c5ccccc5)c4)c4cc5ccccc5c5ccccc45)cc3)c2)cc1. The van der Waals surface area contributed by atoms with Gasteiger partial charge in [0, 0.05) is 16.6 Å². The molecule has 0 atom stereocenters. The maximum atomic E-state index is 2.46. The fourth-order valence-electron chi connectivity index (χ4n) is 8.23. The molecule has 1 nitrogen and oxygen atoms in total. The highest BCUT2D eigenvalue weighted by molar-refractivity contribution is 6.15. The normalized spacial score (nSPS) is 11.2. The van der Waals surface area contributed by atoms with Gasteiger partial charge in [-0.1, -0.05) is 188 Å². The van der Waals surface area contributed by atoms with Crippen molar-refractivity contribution in [3.8, 4) is 55.6 Å². The summed E-state index contributed by atoms with van der Waals surface area (Å²) in [6.07, 6.45) is 0. The van der Waals surface area contributed by atoms with Gasteiger partial charge in [0.15, 0.2) is 0 Å². The molecular formula is C56H39N. The largest absolute Gasteiger partial charge is 0.309 e. The molecule has 0 fully saturated rings. The zero-order valence-corrected chi connectivity index (χ0v) is 31.5. The number of hydrogen-bond acceptors (Lipinski definition) is 1. The number of rotatable bonds is 8. The number of nitrogens with zero attached hydrogens (tertiary/aromatic N) is 1. The van der Waals surface area contributed by atoms with E-state index in [0.29, 0.717) is 0 Å². The van der Waals surface area contributed by atoms with E-state index in [1.54, 1.807) is 0 Å².